The first-order valence-corrected chi connectivity index (χ1v) is 9.35. The smallest absolute Gasteiger partial charge is 0.267 e. The SMILES string of the molecule is O=C(/C=C/c1ccc2c(c1)C(=O)CC1(CCNC(c3ccccc3)C1)O2)NO. The van der Waals surface area contributed by atoms with Crippen molar-refractivity contribution in [3.63, 3.8) is 0 Å². The van der Waals surface area contributed by atoms with Crippen LogP contribution in [-0.2, 0) is 4.79 Å². The molecule has 2 aromatic rings. The average molecular weight is 378 g/mol. The maximum absolute atomic E-state index is 12.9. The van der Waals surface area contributed by atoms with Crippen LogP contribution in [-0.4, -0.2) is 29.0 Å². The molecule has 6 heteroatoms. The van der Waals surface area contributed by atoms with Gasteiger partial charge in [0.15, 0.2) is 5.78 Å². The summed E-state index contributed by atoms with van der Waals surface area (Å²) in [6, 6.07) is 15.7. The minimum Gasteiger partial charge on any atom is -0.486 e. The Kier molecular flexibility index (Phi) is 4.98. The van der Waals surface area contributed by atoms with Gasteiger partial charge in [0.2, 0.25) is 0 Å². The first kappa shape index (κ1) is 18.4. The van der Waals surface area contributed by atoms with Gasteiger partial charge in [0.1, 0.15) is 11.4 Å². The van der Waals surface area contributed by atoms with Crippen LogP contribution >= 0.6 is 0 Å². The highest BCUT2D eigenvalue weighted by molar-refractivity contribution is 6.01. The van der Waals surface area contributed by atoms with E-state index in [1.807, 2.05) is 18.2 Å². The summed E-state index contributed by atoms with van der Waals surface area (Å²) in [7, 11) is 0. The van der Waals surface area contributed by atoms with Gasteiger partial charge in [-0.25, -0.2) is 5.48 Å². The van der Waals surface area contributed by atoms with E-state index in [-0.39, 0.29) is 11.8 Å². The fourth-order valence-electron chi connectivity index (χ4n) is 4.02. The molecule has 2 aliphatic heterocycles. The molecule has 2 aromatic carbocycles. The number of ether oxygens (including phenoxy) is 1. The molecule has 1 amide bonds. The Morgan fingerprint density at radius 1 is 1.25 bits per heavy atom. The molecule has 1 fully saturated rings. The molecule has 1 saturated heterocycles. The Morgan fingerprint density at radius 3 is 2.86 bits per heavy atom. The second-order valence-electron chi connectivity index (χ2n) is 7.32. The van der Waals surface area contributed by atoms with E-state index >= 15 is 0 Å². The average Bonchev–Trinajstić information content (AvgIpc) is 2.73. The molecule has 3 N–H and O–H groups in total. The lowest BCUT2D eigenvalue weighted by Gasteiger charge is -2.44. The van der Waals surface area contributed by atoms with E-state index < -0.39 is 11.5 Å². The molecule has 6 nitrogen and oxygen atoms in total. The van der Waals surface area contributed by atoms with Gasteiger partial charge in [-0.1, -0.05) is 36.4 Å². The number of hydrogen-bond donors (Lipinski definition) is 3. The maximum Gasteiger partial charge on any atom is 0.267 e. The summed E-state index contributed by atoms with van der Waals surface area (Å²) in [6.07, 6.45) is 4.60. The lowest BCUT2D eigenvalue weighted by atomic mass is 9.78. The molecule has 28 heavy (non-hydrogen) atoms. The molecule has 2 heterocycles. The molecule has 0 saturated carbocycles. The lowest BCUT2D eigenvalue weighted by Crippen LogP contribution is -2.50. The Hall–Kier alpha value is -2.96. The lowest BCUT2D eigenvalue weighted by molar-refractivity contribution is -0.124. The molecule has 2 unspecified atom stereocenters. The number of hydroxylamine groups is 1. The monoisotopic (exact) mass is 378 g/mol. The van der Waals surface area contributed by atoms with Crippen molar-refractivity contribution < 1.29 is 19.5 Å². The van der Waals surface area contributed by atoms with Gasteiger partial charge < -0.3 is 10.1 Å². The zero-order valence-corrected chi connectivity index (χ0v) is 15.4. The van der Waals surface area contributed by atoms with E-state index in [4.69, 9.17) is 9.94 Å². The topological polar surface area (TPSA) is 87.7 Å². The van der Waals surface area contributed by atoms with Gasteiger partial charge in [-0.3, -0.25) is 14.8 Å². The summed E-state index contributed by atoms with van der Waals surface area (Å²) in [5, 5.41) is 12.1. The number of nitrogens with one attached hydrogen (secondary N) is 2. The number of benzene rings is 2. The van der Waals surface area contributed by atoms with Gasteiger partial charge in [0, 0.05) is 25.0 Å². The highest BCUT2D eigenvalue weighted by Crippen LogP contribution is 2.42. The Morgan fingerprint density at radius 2 is 2.07 bits per heavy atom. The first-order valence-electron chi connectivity index (χ1n) is 9.35. The molecule has 2 aliphatic rings. The third-order valence-electron chi connectivity index (χ3n) is 5.40. The number of Topliss-reactive ketones (excluding diaryl/α,β-unsaturated/α-hetero) is 1. The molecule has 4 rings (SSSR count). The second kappa shape index (κ2) is 7.58. The summed E-state index contributed by atoms with van der Waals surface area (Å²) >= 11 is 0. The van der Waals surface area contributed by atoms with Crippen molar-refractivity contribution in [2.75, 3.05) is 6.54 Å². The van der Waals surface area contributed by atoms with Gasteiger partial charge in [-0.2, -0.15) is 0 Å². The van der Waals surface area contributed by atoms with Crippen molar-refractivity contribution in [3.8, 4) is 5.75 Å². The summed E-state index contributed by atoms with van der Waals surface area (Å²) < 4.78 is 6.38. The maximum atomic E-state index is 12.9. The van der Waals surface area contributed by atoms with E-state index in [2.05, 4.69) is 17.4 Å². The van der Waals surface area contributed by atoms with Crippen LogP contribution in [0.15, 0.2) is 54.6 Å². The highest BCUT2D eigenvalue weighted by atomic mass is 16.5. The summed E-state index contributed by atoms with van der Waals surface area (Å²) in [4.78, 5) is 24.0. The van der Waals surface area contributed by atoms with Crippen molar-refractivity contribution >= 4 is 17.8 Å². The summed E-state index contributed by atoms with van der Waals surface area (Å²) in [5.41, 5.74) is 3.47. The van der Waals surface area contributed by atoms with Crippen molar-refractivity contribution in [1.82, 2.24) is 10.8 Å². The quantitative estimate of drug-likeness (QED) is 0.434. The minimum atomic E-state index is -0.624. The van der Waals surface area contributed by atoms with E-state index in [1.165, 1.54) is 17.1 Å². The summed E-state index contributed by atoms with van der Waals surface area (Å²) in [6.45, 7) is 0.791. The number of piperidine rings is 1. The first-order chi connectivity index (χ1) is 13.6. The van der Waals surface area contributed by atoms with E-state index in [0.29, 0.717) is 23.3 Å². The largest absolute Gasteiger partial charge is 0.486 e. The van der Waals surface area contributed by atoms with Crippen LogP contribution in [0, 0.1) is 0 Å². The highest BCUT2D eigenvalue weighted by Gasteiger charge is 2.44. The number of amides is 1. The molecular weight excluding hydrogens is 356 g/mol. The van der Waals surface area contributed by atoms with Gasteiger partial charge in [0.25, 0.3) is 5.91 Å². The number of carbonyl (C=O) groups excluding carboxylic acids is 2. The number of hydrogen-bond acceptors (Lipinski definition) is 5. The standard InChI is InChI=1S/C22H22N2O4/c25-19-14-22(10-11-23-18(13-22)16-4-2-1-3-5-16)28-20-8-6-15(12-17(19)20)7-9-21(26)24-27/h1-9,12,18,23,27H,10-11,13-14H2,(H,24,26)/b9-7+. The fourth-order valence-corrected chi connectivity index (χ4v) is 4.02. The van der Waals surface area contributed by atoms with Crippen LogP contribution in [0.2, 0.25) is 0 Å². The van der Waals surface area contributed by atoms with Crippen LogP contribution in [0.5, 0.6) is 5.75 Å². The molecule has 0 bridgehead atoms. The Labute approximate surface area is 163 Å². The van der Waals surface area contributed by atoms with Crippen molar-refractivity contribution in [3.05, 3.63) is 71.3 Å². The molecule has 0 aliphatic carbocycles. The van der Waals surface area contributed by atoms with E-state index in [1.54, 1.807) is 24.3 Å². The minimum absolute atomic E-state index is 0.0526. The summed E-state index contributed by atoms with van der Waals surface area (Å²) in [5.74, 6) is 0.0199. The van der Waals surface area contributed by atoms with E-state index in [9.17, 15) is 9.59 Å². The Bertz CT molecular complexity index is 925. The van der Waals surface area contributed by atoms with Crippen molar-refractivity contribution in [2.24, 2.45) is 0 Å². The number of ketones is 1. The molecule has 0 aromatic heterocycles. The molecular formula is C22H22N2O4. The van der Waals surface area contributed by atoms with Crippen LogP contribution in [0.4, 0.5) is 0 Å². The third kappa shape index (κ3) is 3.69. The van der Waals surface area contributed by atoms with Gasteiger partial charge in [0.05, 0.1) is 12.0 Å². The van der Waals surface area contributed by atoms with Crippen molar-refractivity contribution in [1.29, 1.82) is 0 Å². The van der Waals surface area contributed by atoms with Gasteiger partial charge in [-0.05, 0) is 35.9 Å². The number of rotatable bonds is 3. The van der Waals surface area contributed by atoms with Crippen LogP contribution in [0.1, 0.15) is 46.8 Å². The molecule has 1 spiro atoms. The molecule has 2 atom stereocenters. The van der Waals surface area contributed by atoms with Crippen molar-refractivity contribution in [2.45, 2.75) is 30.9 Å². The van der Waals surface area contributed by atoms with Crippen LogP contribution in [0.3, 0.4) is 0 Å². The Balaban J connectivity index is 1.57. The third-order valence-corrected chi connectivity index (χ3v) is 5.40. The number of carbonyl (C=O) groups is 2. The molecule has 144 valence electrons. The predicted octanol–water partition coefficient (Wildman–Crippen LogP) is 3.03. The normalized spacial score (nSPS) is 24.0. The van der Waals surface area contributed by atoms with Gasteiger partial charge in [-0.15, -0.1) is 0 Å². The van der Waals surface area contributed by atoms with Crippen LogP contribution in [0.25, 0.3) is 6.08 Å². The number of fused-ring (bicyclic) bond motifs is 1. The zero-order valence-electron chi connectivity index (χ0n) is 15.4. The van der Waals surface area contributed by atoms with E-state index in [0.717, 1.165) is 19.4 Å². The molecule has 0 radical (unpaired) electrons. The predicted molar refractivity (Wildman–Crippen MR) is 104 cm³/mol. The fraction of sp³-hybridized carbons (Fsp3) is 0.273. The van der Waals surface area contributed by atoms with Gasteiger partial charge >= 0.3 is 0 Å². The van der Waals surface area contributed by atoms with Crippen LogP contribution < -0.4 is 15.5 Å². The second-order valence-corrected chi connectivity index (χ2v) is 7.32. The zero-order chi connectivity index (χ0) is 19.6.